The van der Waals surface area contributed by atoms with Gasteiger partial charge < -0.3 is 0 Å². The summed E-state index contributed by atoms with van der Waals surface area (Å²) in [6.07, 6.45) is 8.62. The van der Waals surface area contributed by atoms with Crippen molar-refractivity contribution in [2.75, 3.05) is 0 Å². The number of allylic oxidation sites excluding steroid dienone is 3. The van der Waals surface area contributed by atoms with Gasteiger partial charge in [-0.2, -0.15) is 0 Å². The molecule has 0 heteroatoms. The van der Waals surface area contributed by atoms with Crippen LogP contribution in [-0.2, 0) is 5.41 Å². The van der Waals surface area contributed by atoms with Gasteiger partial charge in [0.2, 0.25) is 0 Å². The van der Waals surface area contributed by atoms with E-state index in [-0.39, 0.29) is 5.41 Å². The van der Waals surface area contributed by atoms with Crippen LogP contribution in [0.4, 0.5) is 0 Å². The van der Waals surface area contributed by atoms with E-state index < -0.39 is 0 Å². The summed E-state index contributed by atoms with van der Waals surface area (Å²) in [6, 6.07) is 8.56. The molecule has 0 atom stereocenters. The standard InChI is InChI=1S/C15H20/c1-5-9-13-10-7-8-11-14(13)15(3,4)12-6-2/h5-12H,1-4H3/b9-5+,12-6+. The number of rotatable bonds is 3. The minimum Gasteiger partial charge on any atom is -0.0908 e. The molecular formula is C15H20. The topological polar surface area (TPSA) is 0 Å². The van der Waals surface area contributed by atoms with Crippen LogP contribution in [0.1, 0.15) is 38.8 Å². The lowest BCUT2D eigenvalue weighted by Gasteiger charge is -2.23. The Morgan fingerprint density at radius 1 is 1.00 bits per heavy atom. The highest BCUT2D eigenvalue weighted by Gasteiger charge is 2.18. The summed E-state index contributed by atoms with van der Waals surface area (Å²) in [5, 5.41) is 0. The Hall–Kier alpha value is -1.30. The van der Waals surface area contributed by atoms with Crippen molar-refractivity contribution in [2.45, 2.75) is 33.1 Å². The first-order valence-corrected chi connectivity index (χ1v) is 5.48. The van der Waals surface area contributed by atoms with Crippen LogP contribution in [0.3, 0.4) is 0 Å². The number of hydrogen-bond acceptors (Lipinski definition) is 0. The van der Waals surface area contributed by atoms with Gasteiger partial charge >= 0.3 is 0 Å². The summed E-state index contributed by atoms with van der Waals surface area (Å²) in [7, 11) is 0. The molecule has 0 saturated heterocycles. The van der Waals surface area contributed by atoms with E-state index in [4.69, 9.17) is 0 Å². The second kappa shape index (κ2) is 4.97. The molecule has 1 aromatic carbocycles. The molecule has 1 rings (SSSR count). The van der Waals surface area contributed by atoms with Gasteiger partial charge in [-0.05, 0) is 25.0 Å². The molecule has 0 radical (unpaired) electrons. The first-order valence-electron chi connectivity index (χ1n) is 5.48. The molecule has 1 aromatic rings. The number of hydrogen-bond donors (Lipinski definition) is 0. The Bertz CT molecular complexity index is 367. The summed E-state index contributed by atoms with van der Waals surface area (Å²) >= 11 is 0. The third-order valence-electron chi connectivity index (χ3n) is 2.58. The lowest BCUT2D eigenvalue weighted by Crippen LogP contribution is -2.14. The van der Waals surface area contributed by atoms with Crippen LogP contribution in [0, 0.1) is 0 Å². The van der Waals surface area contributed by atoms with Crippen LogP contribution in [-0.4, -0.2) is 0 Å². The van der Waals surface area contributed by atoms with Gasteiger partial charge in [0.25, 0.3) is 0 Å². The maximum atomic E-state index is 2.25. The highest BCUT2D eigenvalue weighted by molar-refractivity contribution is 5.56. The maximum Gasteiger partial charge on any atom is 0.00811 e. The molecule has 0 aromatic heterocycles. The molecule has 0 spiro atoms. The predicted molar refractivity (Wildman–Crippen MR) is 69.0 cm³/mol. The van der Waals surface area contributed by atoms with Gasteiger partial charge in [-0.1, -0.05) is 62.4 Å². The fourth-order valence-corrected chi connectivity index (χ4v) is 1.92. The molecule has 0 aliphatic carbocycles. The lowest BCUT2D eigenvalue weighted by molar-refractivity contribution is 0.667. The predicted octanol–water partition coefficient (Wildman–Crippen LogP) is 4.57. The van der Waals surface area contributed by atoms with Gasteiger partial charge in [0.05, 0.1) is 0 Å². The Balaban J connectivity index is 3.23. The molecular weight excluding hydrogens is 180 g/mol. The Morgan fingerprint density at radius 3 is 2.27 bits per heavy atom. The fourth-order valence-electron chi connectivity index (χ4n) is 1.92. The van der Waals surface area contributed by atoms with Crippen LogP contribution in [0.25, 0.3) is 6.08 Å². The summed E-state index contributed by atoms with van der Waals surface area (Å²) in [5.41, 5.74) is 2.79. The molecule has 0 heterocycles. The maximum absolute atomic E-state index is 2.25. The van der Waals surface area contributed by atoms with E-state index in [1.165, 1.54) is 11.1 Å². The van der Waals surface area contributed by atoms with Crippen molar-refractivity contribution in [3.63, 3.8) is 0 Å². The average molecular weight is 200 g/mol. The second-order valence-corrected chi connectivity index (χ2v) is 4.31. The molecule has 0 amide bonds. The van der Waals surface area contributed by atoms with Crippen molar-refractivity contribution in [1.82, 2.24) is 0 Å². The van der Waals surface area contributed by atoms with Gasteiger partial charge in [0.15, 0.2) is 0 Å². The van der Waals surface area contributed by atoms with Crippen molar-refractivity contribution < 1.29 is 0 Å². The molecule has 0 unspecified atom stereocenters. The van der Waals surface area contributed by atoms with Gasteiger partial charge in [-0.3, -0.25) is 0 Å². The van der Waals surface area contributed by atoms with Crippen LogP contribution < -0.4 is 0 Å². The van der Waals surface area contributed by atoms with Crippen molar-refractivity contribution in [2.24, 2.45) is 0 Å². The van der Waals surface area contributed by atoms with E-state index in [1.54, 1.807) is 0 Å². The Morgan fingerprint density at radius 2 is 1.67 bits per heavy atom. The van der Waals surface area contributed by atoms with Crippen LogP contribution in [0.15, 0.2) is 42.5 Å². The molecule has 0 N–H and O–H groups in total. The van der Waals surface area contributed by atoms with Gasteiger partial charge in [0, 0.05) is 5.41 Å². The first kappa shape index (κ1) is 11.8. The minimum absolute atomic E-state index is 0.102. The van der Waals surface area contributed by atoms with E-state index in [2.05, 4.69) is 76.3 Å². The third-order valence-corrected chi connectivity index (χ3v) is 2.58. The lowest BCUT2D eigenvalue weighted by atomic mass is 9.81. The van der Waals surface area contributed by atoms with Gasteiger partial charge in [-0.25, -0.2) is 0 Å². The zero-order valence-electron chi connectivity index (χ0n) is 10.1. The van der Waals surface area contributed by atoms with Crippen molar-refractivity contribution in [3.05, 3.63) is 53.6 Å². The van der Waals surface area contributed by atoms with Gasteiger partial charge in [0.1, 0.15) is 0 Å². The van der Waals surface area contributed by atoms with Crippen molar-refractivity contribution >= 4 is 6.08 Å². The zero-order valence-corrected chi connectivity index (χ0v) is 10.1. The molecule has 0 fully saturated rings. The smallest absolute Gasteiger partial charge is 0.00811 e. The number of benzene rings is 1. The fraction of sp³-hybridized carbons (Fsp3) is 0.333. The van der Waals surface area contributed by atoms with Crippen LogP contribution in [0.2, 0.25) is 0 Å². The van der Waals surface area contributed by atoms with Crippen LogP contribution in [0.5, 0.6) is 0 Å². The van der Waals surface area contributed by atoms with Gasteiger partial charge in [-0.15, -0.1) is 0 Å². The highest BCUT2D eigenvalue weighted by atomic mass is 14.2. The summed E-state index contributed by atoms with van der Waals surface area (Å²) < 4.78 is 0. The van der Waals surface area contributed by atoms with E-state index in [1.807, 2.05) is 0 Å². The van der Waals surface area contributed by atoms with Crippen molar-refractivity contribution in [3.8, 4) is 0 Å². The zero-order chi connectivity index (χ0) is 11.3. The molecule has 0 bridgehead atoms. The van der Waals surface area contributed by atoms with E-state index in [0.29, 0.717) is 0 Å². The molecule has 0 aliphatic heterocycles. The largest absolute Gasteiger partial charge is 0.0908 e. The first-order chi connectivity index (χ1) is 7.11. The normalized spacial score (nSPS) is 12.8. The third kappa shape index (κ3) is 2.82. The molecule has 0 aliphatic rings. The SMILES string of the molecule is C/C=C/c1ccccc1C(C)(C)/C=C/C. The summed E-state index contributed by atoms with van der Waals surface area (Å²) in [4.78, 5) is 0. The Labute approximate surface area is 93.3 Å². The molecule has 80 valence electrons. The van der Waals surface area contributed by atoms with E-state index in [0.717, 1.165) is 0 Å². The van der Waals surface area contributed by atoms with E-state index >= 15 is 0 Å². The minimum atomic E-state index is 0.102. The van der Waals surface area contributed by atoms with E-state index in [9.17, 15) is 0 Å². The second-order valence-electron chi connectivity index (χ2n) is 4.31. The van der Waals surface area contributed by atoms with Crippen molar-refractivity contribution in [1.29, 1.82) is 0 Å². The Kier molecular flexibility index (Phi) is 3.90. The quantitative estimate of drug-likeness (QED) is 0.627. The average Bonchev–Trinajstić information content (AvgIpc) is 2.19. The molecule has 15 heavy (non-hydrogen) atoms. The monoisotopic (exact) mass is 200 g/mol. The summed E-state index contributed by atoms with van der Waals surface area (Å²) in [6.45, 7) is 8.62. The molecule has 0 saturated carbocycles. The summed E-state index contributed by atoms with van der Waals surface area (Å²) in [5.74, 6) is 0. The molecule has 0 nitrogen and oxygen atoms in total. The highest BCUT2D eigenvalue weighted by Crippen LogP contribution is 2.28. The van der Waals surface area contributed by atoms with Crippen LogP contribution >= 0.6 is 0 Å².